The number of carbonyl (C=O) groups excluding carboxylic acids is 6. The lowest BCUT2D eigenvalue weighted by atomic mass is 9.87. The summed E-state index contributed by atoms with van der Waals surface area (Å²) in [4.78, 5) is 76.6. The Kier molecular flexibility index (Phi) is 8.85. The number of hydrogen-bond acceptors (Lipinski definition) is 8. The fourth-order valence-electron chi connectivity index (χ4n) is 5.45. The van der Waals surface area contributed by atoms with Crippen LogP contribution in [0.2, 0.25) is 0 Å². The van der Waals surface area contributed by atoms with Crippen LogP contribution in [-0.2, 0) is 19.1 Å². The molecule has 4 saturated heterocycles. The van der Waals surface area contributed by atoms with Gasteiger partial charge in [-0.05, 0) is 79.4 Å². The SMILES string of the molecule is CC(C)(C)OC(=O)N1CCC2(CC1)NC(=O)N(c1ccccc1)C2=O.CC(C)(C)OC(=O)N1CCC2(CC1)NC(=O)NC2=O. The lowest BCUT2D eigenvalue weighted by Gasteiger charge is -2.37. The van der Waals surface area contributed by atoms with Crippen molar-refractivity contribution in [2.24, 2.45) is 0 Å². The first-order valence-electron chi connectivity index (χ1n) is 14.7. The number of imide groups is 2. The predicted molar refractivity (Wildman–Crippen MR) is 159 cm³/mol. The molecule has 0 bridgehead atoms. The minimum atomic E-state index is -0.939. The summed E-state index contributed by atoms with van der Waals surface area (Å²) in [5, 5.41) is 7.72. The van der Waals surface area contributed by atoms with Gasteiger partial charge in [0.2, 0.25) is 0 Å². The Bertz CT molecular complexity index is 1300. The molecule has 240 valence electrons. The van der Waals surface area contributed by atoms with Crippen LogP contribution in [0, 0.1) is 0 Å². The van der Waals surface area contributed by atoms with Crippen molar-refractivity contribution in [1.29, 1.82) is 0 Å². The van der Waals surface area contributed by atoms with E-state index in [1.165, 1.54) is 4.90 Å². The van der Waals surface area contributed by atoms with Crippen molar-refractivity contribution in [1.82, 2.24) is 25.8 Å². The molecule has 44 heavy (non-hydrogen) atoms. The molecule has 4 aliphatic heterocycles. The van der Waals surface area contributed by atoms with Crippen LogP contribution in [0.1, 0.15) is 67.2 Å². The maximum atomic E-state index is 12.9. The number of nitrogens with zero attached hydrogens (tertiary/aromatic N) is 3. The Morgan fingerprint density at radius 2 is 1.16 bits per heavy atom. The van der Waals surface area contributed by atoms with Gasteiger partial charge in [0.05, 0.1) is 5.69 Å². The van der Waals surface area contributed by atoms with E-state index < -0.39 is 34.3 Å². The molecule has 0 aliphatic carbocycles. The third kappa shape index (κ3) is 7.22. The zero-order chi connectivity index (χ0) is 32.5. The van der Waals surface area contributed by atoms with Gasteiger partial charge in [-0.1, -0.05) is 18.2 Å². The first kappa shape index (κ1) is 32.6. The summed E-state index contributed by atoms with van der Waals surface area (Å²) in [6.07, 6.45) is 0.791. The largest absolute Gasteiger partial charge is 0.444 e. The van der Waals surface area contributed by atoms with Crippen LogP contribution in [0.5, 0.6) is 0 Å². The molecule has 3 N–H and O–H groups in total. The van der Waals surface area contributed by atoms with Crippen LogP contribution < -0.4 is 20.9 Å². The molecule has 1 aromatic carbocycles. The highest BCUT2D eigenvalue weighted by Gasteiger charge is 2.53. The smallest absolute Gasteiger partial charge is 0.410 e. The topological polar surface area (TPSA) is 167 Å². The third-order valence-electron chi connectivity index (χ3n) is 7.73. The summed E-state index contributed by atoms with van der Waals surface area (Å²) in [5.41, 5.74) is -2.34. The van der Waals surface area contributed by atoms with Gasteiger partial charge < -0.3 is 29.9 Å². The van der Waals surface area contributed by atoms with E-state index in [1.54, 1.807) is 54.8 Å². The first-order chi connectivity index (χ1) is 20.4. The van der Waals surface area contributed by atoms with E-state index in [-0.39, 0.29) is 24.0 Å². The number of benzene rings is 1. The number of urea groups is 2. The van der Waals surface area contributed by atoms with Gasteiger partial charge in [0.1, 0.15) is 22.3 Å². The van der Waals surface area contributed by atoms with Crippen LogP contribution in [0.3, 0.4) is 0 Å². The van der Waals surface area contributed by atoms with Crippen molar-refractivity contribution in [3.8, 4) is 0 Å². The molecule has 5 rings (SSSR count). The van der Waals surface area contributed by atoms with E-state index >= 15 is 0 Å². The normalized spacial score (nSPS) is 20.9. The Morgan fingerprint density at radius 3 is 1.57 bits per heavy atom. The number of rotatable bonds is 1. The summed E-state index contributed by atoms with van der Waals surface area (Å²) >= 11 is 0. The van der Waals surface area contributed by atoms with Crippen LogP contribution in [0.4, 0.5) is 24.9 Å². The summed E-state index contributed by atoms with van der Waals surface area (Å²) in [7, 11) is 0. The Balaban J connectivity index is 0.000000209. The second-order valence-electron chi connectivity index (χ2n) is 13.4. The molecule has 0 saturated carbocycles. The molecule has 4 heterocycles. The van der Waals surface area contributed by atoms with E-state index in [1.807, 2.05) is 26.8 Å². The number of ether oxygens (including phenoxy) is 2. The molecule has 1 aromatic rings. The van der Waals surface area contributed by atoms with E-state index in [9.17, 15) is 28.8 Å². The van der Waals surface area contributed by atoms with Crippen molar-refractivity contribution in [2.45, 2.75) is 89.5 Å². The Hall–Kier alpha value is -4.36. The van der Waals surface area contributed by atoms with Gasteiger partial charge in [0, 0.05) is 26.2 Å². The van der Waals surface area contributed by atoms with Crippen molar-refractivity contribution < 1.29 is 38.2 Å². The maximum absolute atomic E-state index is 12.9. The highest BCUT2D eigenvalue weighted by atomic mass is 16.6. The molecule has 0 aromatic heterocycles. The molecule has 14 nitrogen and oxygen atoms in total. The third-order valence-corrected chi connectivity index (χ3v) is 7.73. The summed E-state index contributed by atoms with van der Waals surface area (Å²) < 4.78 is 10.6. The van der Waals surface area contributed by atoms with Crippen LogP contribution in [-0.4, -0.2) is 94.3 Å². The number of amides is 8. The predicted octanol–water partition coefficient (Wildman–Crippen LogP) is 3.11. The maximum Gasteiger partial charge on any atom is 0.410 e. The lowest BCUT2D eigenvalue weighted by molar-refractivity contribution is -0.125. The number of anilines is 1. The average molecular weight is 615 g/mol. The van der Waals surface area contributed by atoms with Gasteiger partial charge in [-0.2, -0.15) is 0 Å². The molecular formula is C30H42N6O8. The highest BCUT2D eigenvalue weighted by Crippen LogP contribution is 2.33. The number of nitrogens with one attached hydrogen (secondary N) is 3. The van der Waals surface area contributed by atoms with Crippen molar-refractivity contribution in [3.63, 3.8) is 0 Å². The van der Waals surface area contributed by atoms with Gasteiger partial charge >= 0.3 is 24.2 Å². The lowest BCUT2D eigenvalue weighted by Crippen LogP contribution is -2.56. The van der Waals surface area contributed by atoms with Gasteiger partial charge in [-0.15, -0.1) is 0 Å². The number of hydrogen-bond donors (Lipinski definition) is 3. The summed E-state index contributed by atoms with van der Waals surface area (Å²) in [6.45, 7) is 12.4. The second kappa shape index (κ2) is 12.0. The minimum absolute atomic E-state index is 0.257. The van der Waals surface area contributed by atoms with E-state index in [0.717, 1.165) is 0 Å². The van der Waals surface area contributed by atoms with Crippen molar-refractivity contribution in [2.75, 3.05) is 31.1 Å². The molecule has 0 unspecified atom stereocenters. The average Bonchev–Trinajstić information content (AvgIpc) is 3.33. The first-order valence-corrected chi connectivity index (χ1v) is 14.7. The zero-order valence-electron chi connectivity index (χ0n) is 26.2. The molecule has 4 aliphatic rings. The second-order valence-corrected chi connectivity index (χ2v) is 13.4. The zero-order valence-corrected chi connectivity index (χ0v) is 26.2. The molecule has 0 radical (unpaired) electrons. The van der Waals surface area contributed by atoms with Gasteiger partial charge in [0.15, 0.2) is 0 Å². The number of para-hydroxylation sites is 1. The molecule has 4 fully saturated rings. The standard InChI is InChI=1S/C18H23N3O4.C12H19N3O4/c1-17(2,3)25-16(24)20-11-9-18(10-12-20)14(22)21(15(23)19-18)13-7-5-4-6-8-13;1-11(2,3)19-10(18)15-6-4-12(5-7-15)8(16)13-9(17)14-12/h4-8H,9-12H2,1-3H3,(H,19,23);4-7H2,1-3H3,(H2,13,14,16,17). The monoisotopic (exact) mass is 614 g/mol. The molecule has 14 heteroatoms. The van der Waals surface area contributed by atoms with Crippen molar-refractivity contribution >= 4 is 41.8 Å². The van der Waals surface area contributed by atoms with E-state index in [0.29, 0.717) is 57.5 Å². The highest BCUT2D eigenvalue weighted by molar-refractivity contribution is 6.23. The van der Waals surface area contributed by atoms with Gasteiger partial charge in [0.25, 0.3) is 11.8 Å². The molecule has 2 spiro atoms. The quantitative estimate of drug-likeness (QED) is 0.406. The van der Waals surface area contributed by atoms with Crippen LogP contribution in [0.15, 0.2) is 30.3 Å². The van der Waals surface area contributed by atoms with Gasteiger partial charge in [-0.25, -0.2) is 24.1 Å². The number of likely N-dealkylation sites (tertiary alicyclic amines) is 2. The molecule has 0 atom stereocenters. The van der Waals surface area contributed by atoms with Crippen LogP contribution in [0.25, 0.3) is 0 Å². The van der Waals surface area contributed by atoms with Crippen molar-refractivity contribution in [3.05, 3.63) is 30.3 Å². The molecule has 8 amide bonds. The number of carbonyl (C=O) groups is 6. The Morgan fingerprint density at radius 1 is 0.705 bits per heavy atom. The van der Waals surface area contributed by atoms with E-state index in [2.05, 4.69) is 16.0 Å². The Labute approximate surface area is 256 Å². The summed E-state index contributed by atoms with van der Waals surface area (Å²) in [5.74, 6) is -0.561. The number of piperidine rings is 2. The fourth-order valence-corrected chi connectivity index (χ4v) is 5.45. The minimum Gasteiger partial charge on any atom is -0.444 e. The fraction of sp³-hybridized carbons (Fsp3) is 0.600. The van der Waals surface area contributed by atoms with E-state index in [4.69, 9.17) is 9.47 Å². The van der Waals surface area contributed by atoms with Crippen LogP contribution >= 0.6 is 0 Å². The summed E-state index contributed by atoms with van der Waals surface area (Å²) in [6, 6.07) is 7.98. The van der Waals surface area contributed by atoms with Gasteiger partial charge in [-0.3, -0.25) is 14.9 Å². The molecular weight excluding hydrogens is 572 g/mol.